The molecule has 0 saturated carbocycles. The maximum absolute atomic E-state index is 11.9. The third-order valence-electron chi connectivity index (χ3n) is 2.52. The highest BCUT2D eigenvalue weighted by Gasteiger charge is 2.12. The van der Waals surface area contributed by atoms with Crippen molar-refractivity contribution in [2.45, 2.75) is 0 Å². The zero-order chi connectivity index (χ0) is 14.4. The average Bonchev–Trinajstić information content (AvgIpc) is 2.48. The fraction of sp³-hybridized carbons (Fsp3) is 0.0714. The summed E-state index contributed by atoms with van der Waals surface area (Å²) in [7, 11) is 1.29. The van der Waals surface area contributed by atoms with Gasteiger partial charge >= 0.3 is 12.0 Å². The first-order valence-corrected chi connectivity index (χ1v) is 5.86. The maximum Gasteiger partial charge on any atom is 0.339 e. The number of nitrogens with zero attached hydrogens (tertiary/aromatic N) is 1. The number of amides is 2. The molecule has 1 aromatic heterocycles. The number of hydrogen-bond donors (Lipinski definition) is 2. The van der Waals surface area contributed by atoms with E-state index in [2.05, 4.69) is 20.4 Å². The molecule has 0 radical (unpaired) electrons. The van der Waals surface area contributed by atoms with Gasteiger partial charge in [-0.05, 0) is 24.3 Å². The van der Waals surface area contributed by atoms with Gasteiger partial charge in [-0.3, -0.25) is 4.98 Å². The molecule has 1 heterocycles. The highest BCUT2D eigenvalue weighted by molar-refractivity contribution is 6.04. The number of para-hydroxylation sites is 1. The Labute approximate surface area is 115 Å². The van der Waals surface area contributed by atoms with Crippen molar-refractivity contribution in [1.29, 1.82) is 0 Å². The van der Waals surface area contributed by atoms with Gasteiger partial charge in [-0.15, -0.1) is 0 Å². The molecule has 6 heteroatoms. The number of rotatable bonds is 3. The molecular formula is C14H13N3O3. The van der Waals surface area contributed by atoms with Crippen molar-refractivity contribution in [2.75, 3.05) is 17.7 Å². The molecule has 0 bridgehead atoms. The van der Waals surface area contributed by atoms with Crippen LogP contribution in [-0.2, 0) is 4.74 Å². The van der Waals surface area contributed by atoms with E-state index in [-0.39, 0.29) is 0 Å². The van der Waals surface area contributed by atoms with Crippen LogP contribution >= 0.6 is 0 Å². The van der Waals surface area contributed by atoms with Gasteiger partial charge in [0.2, 0.25) is 0 Å². The molecule has 0 fully saturated rings. The van der Waals surface area contributed by atoms with Crippen LogP contribution in [0.15, 0.2) is 48.8 Å². The third kappa shape index (κ3) is 3.32. The summed E-state index contributed by atoms with van der Waals surface area (Å²) in [6.07, 6.45) is 3.13. The van der Waals surface area contributed by atoms with Crippen LogP contribution in [0.2, 0.25) is 0 Å². The molecule has 0 saturated heterocycles. The molecule has 6 nitrogen and oxygen atoms in total. The van der Waals surface area contributed by atoms with E-state index in [1.54, 1.807) is 48.8 Å². The second kappa shape index (κ2) is 6.33. The number of pyridine rings is 1. The maximum atomic E-state index is 11.9. The number of hydrogen-bond acceptors (Lipinski definition) is 4. The third-order valence-corrected chi connectivity index (χ3v) is 2.52. The van der Waals surface area contributed by atoms with Crippen LogP contribution in [0.1, 0.15) is 10.4 Å². The van der Waals surface area contributed by atoms with E-state index in [9.17, 15) is 9.59 Å². The molecular weight excluding hydrogens is 258 g/mol. The minimum Gasteiger partial charge on any atom is -0.465 e. The topological polar surface area (TPSA) is 80.3 Å². The highest BCUT2D eigenvalue weighted by Crippen LogP contribution is 2.16. The van der Waals surface area contributed by atoms with Crippen molar-refractivity contribution in [2.24, 2.45) is 0 Å². The first-order valence-electron chi connectivity index (χ1n) is 5.86. The first-order chi connectivity index (χ1) is 9.70. The van der Waals surface area contributed by atoms with Crippen molar-refractivity contribution in [3.8, 4) is 0 Å². The number of ether oxygens (including phenoxy) is 1. The predicted molar refractivity (Wildman–Crippen MR) is 74.7 cm³/mol. The van der Waals surface area contributed by atoms with Crippen LogP contribution in [-0.4, -0.2) is 24.1 Å². The van der Waals surface area contributed by atoms with Crippen LogP contribution in [0.25, 0.3) is 0 Å². The Balaban J connectivity index is 2.10. The SMILES string of the molecule is COC(=O)c1ccccc1NC(=O)Nc1ccncc1. The minimum atomic E-state index is -0.509. The van der Waals surface area contributed by atoms with Gasteiger partial charge in [-0.1, -0.05) is 12.1 Å². The number of benzene rings is 1. The summed E-state index contributed by atoms with van der Waals surface area (Å²) in [6, 6.07) is 9.48. The van der Waals surface area contributed by atoms with E-state index in [1.165, 1.54) is 7.11 Å². The zero-order valence-corrected chi connectivity index (χ0v) is 10.8. The monoisotopic (exact) mass is 271 g/mol. The van der Waals surface area contributed by atoms with Gasteiger partial charge in [0, 0.05) is 18.1 Å². The fourth-order valence-corrected chi connectivity index (χ4v) is 1.60. The van der Waals surface area contributed by atoms with Gasteiger partial charge in [-0.2, -0.15) is 0 Å². The summed E-state index contributed by atoms with van der Waals surface area (Å²) in [5, 5.41) is 5.24. The van der Waals surface area contributed by atoms with E-state index in [4.69, 9.17) is 0 Å². The Morgan fingerprint density at radius 1 is 1.05 bits per heavy atom. The van der Waals surface area contributed by atoms with Crippen LogP contribution in [0.4, 0.5) is 16.2 Å². The van der Waals surface area contributed by atoms with Gasteiger partial charge in [0.15, 0.2) is 0 Å². The second-order valence-electron chi connectivity index (χ2n) is 3.85. The normalized spacial score (nSPS) is 9.65. The number of urea groups is 1. The molecule has 102 valence electrons. The highest BCUT2D eigenvalue weighted by atomic mass is 16.5. The number of aromatic nitrogens is 1. The zero-order valence-electron chi connectivity index (χ0n) is 10.8. The van der Waals surface area contributed by atoms with Crippen LogP contribution in [0.3, 0.4) is 0 Å². The van der Waals surface area contributed by atoms with Crippen molar-refractivity contribution >= 4 is 23.4 Å². The summed E-state index contributed by atoms with van der Waals surface area (Å²) in [5.41, 5.74) is 1.28. The van der Waals surface area contributed by atoms with Crippen molar-refractivity contribution < 1.29 is 14.3 Å². The summed E-state index contributed by atoms with van der Waals surface area (Å²) in [4.78, 5) is 27.3. The lowest BCUT2D eigenvalue weighted by molar-refractivity contribution is 0.0602. The molecule has 1 aromatic carbocycles. The number of methoxy groups -OCH3 is 1. The molecule has 0 atom stereocenters. The largest absolute Gasteiger partial charge is 0.465 e. The summed E-state index contributed by atoms with van der Waals surface area (Å²) < 4.78 is 4.66. The number of carbonyl (C=O) groups excluding carboxylic acids is 2. The molecule has 2 rings (SSSR count). The lowest BCUT2D eigenvalue weighted by Crippen LogP contribution is -2.21. The quantitative estimate of drug-likeness (QED) is 0.840. The lowest BCUT2D eigenvalue weighted by atomic mass is 10.2. The van der Waals surface area contributed by atoms with Crippen LogP contribution in [0, 0.1) is 0 Å². The lowest BCUT2D eigenvalue weighted by Gasteiger charge is -2.10. The van der Waals surface area contributed by atoms with Crippen molar-refractivity contribution in [1.82, 2.24) is 4.98 Å². The van der Waals surface area contributed by atoms with Crippen molar-refractivity contribution in [3.63, 3.8) is 0 Å². The van der Waals surface area contributed by atoms with E-state index < -0.39 is 12.0 Å². The summed E-state index contributed by atoms with van der Waals surface area (Å²) in [6.45, 7) is 0. The summed E-state index contributed by atoms with van der Waals surface area (Å²) in [5.74, 6) is -0.509. The Morgan fingerprint density at radius 2 is 1.75 bits per heavy atom. The Kier molecular flexibility index (Phi) is 4.28. The number of carbonyl (C=O) groups is 2. The van der Waals surface area contributed by atoms with E-state index in [0.29, 0.717) is 16.9 Å². The molecule has 0 aliphatic carbocycles. The average molecular weight is 271 g/mol. The molecule has 0 unspecified atom stereocenters. The van der Waals surface area contributed by atoms with E-state index in [0.717, 1.165) is 0 Å². The van der Waals surface area contributed by atoms with Crippen LogP contribution < -0.4 is 10.6 Å². The number of anilines is 2. The number of nitrogens with one attached hydrogen (secondary N) is 2. The minimum absolute atomic E-state index is 0.292. The van der Waals surface area contributed by atoms with Gasteiger partial charge in [0.1, 0.15) is 0 Å². The van der Waals surface area contributed by atoms with Crippen LogP contribution in [0.5, 0.6) is 0 Å². The Bertz CT molecular complexity index is 614. The van der Waals surface area contributed by atoms with E-state index in [1.807, 2.05) is 0 Å². The molecule has 2 amide bonds. The fourth-order valence-electron chi connectivity index (χ4n) is 1.60. The first kappa shape index (κ1) is 13.5. The molecule has 20 heavy (non-hydrogen) atoms. The molecule has 2 aromatic rings. The van der Waals surface area contributed by atoms with Gasteiger partial charge in [0.25, 0.3) is 0 Å². The van der Waals surface area contributed by atoms with Crippen molar-refractivity contribution in [3.05, 3.63) is 54.4 Å². The summed E-state index contributed by atoms with van der Waals surface area (Å²) >= 11 is 0. The van der Waals surface area contributed by atoms with E-state index >= 15 is 0 Å². The molecule has 0 spiro atoms. The molecule has 0 aliphatic heterocycles. The van der Waals surface area contributed by atoms with Gasteiger partial charge in [-0.25, -0.2) is 9.59 Å². The Morgan fingerprint density at radius 3 is 2.45 bits per heavy atom. The predicted octanol–water partition coefficient (Wildman–Crippen LogP) is 2.51. The standard InChI is InChI=1S/C14H13N3O3/c1-20-13(18)11-4-2-3-5-12(11)17-14(19)16-10-6-8-15-9-7-10/h2-9H,1H3,(H2,15,16,17,19). The molecule has 2 N–H and O–H groups in total. The van der Waals surface area contributed by atoms with Gasteiger partial charge in [0.05, 0.1) is 18.4 Å². The Hall–Kier alpha value is -2.89. The van der Waals surface area contributed by atoms with Gasteiger partial charge < -0.3 is 15.4 Å². The smallest absolute Gasteiger partial charge is 0.339 e. The number of esters is 1. The second-order valence-corrected chi connectivity index (χ2v) is 3.85. The molecule has 0 aliphatic rings.